The van der Waals surface area contributed by atoms with Crippen LogP contribution in [0.5, 0.6) is 11.5 Å². The van der Waals surface area contributed by atoms with Gasteiger partial charge in [-0.15, -0.1) is 0 Å². The number of cyclic esters (lactones) is 1. The number of nitrogens with zero attached hydrogens (tertiary/aromatic N) is 1. The molecule has 33 heavy (non-hydrogen) atoms. The Morgan fingerprint density at radius 3 is 2.76 bits per heavy atom. The lowest BCUT2D eigenvalue weighted by molar-refractivity contribution is -0.153. The fraction of sp³-hybridized carbons (Fsp3) is 0.652. The Kier molecular flexibility index (Phi) is 10.4. The molecule has 0 radical (unpaired) electrons. The van der Waals surface area contributed by atoms with Crippen LogP contribution in [0.25, 0.3) is 0 Å². The molecule has 0 aromatic carbocycles. The van der Waals surface area contributed by atoms with E-state index in [1.807, 2.05) is 6.92 Å². The number of rotatable bonds is 9. The van der Waals surface area contributed by atoms with Crippen molar-refractivity contribution in [3.8, 4) is 11.5 Å². The lowest BCUT2D eigenvalue weighted by Gasteiger charge is -2.24. The van der Waals surface area contributed by atoms with Crippen molar-refractivity contribution in [2.75, 3.05) is 27.1 Å². The zero-order valence-corrected chi connectivity index (χ0v) is 19.9. The summed E-state index contributed by atoms with van der Waals surface area (Å²) in [5, 5.41) is 2.61. The smallest absolute Gasteiger partial charge is 0.331 e. The van der Waals surface area contributed by atoms with E-state index in [2.05, 4.69) is 24.1 Å². The van der Waals surface area contributed by atoms with E-state index in [4.69, 9.17) is 23.7 Å². The van der Waals surface area contributed by atoms with Crippen molar-refractivity contribution in [3.05, 3.63) is 18.0 Å². The largest absolute Gasteiger partial charge is 0.493 e. The van der Waals surface area contributed by atoms with Crippen molar-refractivity contribution in [1.29, 1.82) is 0 Å². The molecule has 1 aromatic rings. The second kappa shape index (κ2) is 13.0. The Balaban J connectivity index is 2.12. The van der Waals surface area contributed by atoms with Crippen molar-refractivity contribution in [2.24, 2.45) is 11.8 Å². The van der Waals surface area contributed by atoms with Crippen molar-refractivity contribution >= 4 is 17.8 Å². The molecule has 0 aliphatic carbocycles. The molecule has 1 aromatic heterocycles. The van der Waals surface area contributed by atoms with Gasteiger partial charge in [0.25, 0.3) is 5.91 Å². The maximum atomic E-state index is 13.0. The van der Waals surface area contributed by atoms with Crippen LogP contribution in [0.3, 0.4) is 0 Å². The summed E-state index contributed by atoms with van der Waals surface area (Å²) >= 11 is 0. The van der Waals surface area contributed by atoms with E-state index in [0.29, 0.717) is 12.5 Å². The Hall–Kier alpha value is -2.88. The van der Waals surface area contributed by atoms with Crippen molar-refractivity contribution in [3.63, 3.8) is 0 Å². The van der Waals surface area contributed by atoms with Gasteiger partial charge >= 0.3 is 11.9 Å². The number of hydrogen-bond donors (Lipinski definition) is 1. The number of carbonyl (C=O) groups is 3. The average Bonchev–Trinajstić information content (AvgIpc) is 2.82. The first-order valence-corrected chi connectivity index (χ1v) is 11.1. The van der Waals surface area contributed by atoms with Gasteiger partial charge in [-0.25, -0.2) is 9.78 Å². The lowest BCUT2D eigenvalue weighted by atomic mass is 9.91. The van der Waals surface area contributed by atoms with Gasteiger partial charge in [-0.2, -0.15) is 0 Å². The van der Waals surface area contributed by atoms with Crippen LogP contribution in [0.4, 0.5) is 0 Å². The molecule has 10 nitrogen and oxygen atoms in total. The molecule has 2 heterocycles. The van der Waals surface area contributed by atoms with Gasteiger partial charge in [0.1, 0.15) is 6.10 Å². The molecule has 2 rings (SSSR count). The van der Waals surface area contributed by atoms with Crippen molar-refractivity contribution < 1.29 is 38.1 Å². The monoisotopic (exact) mass is 466 g/mol. The van der Waals surface area contributed by atoms with E-state index < -0.39 is 30.7 Å². The second-order valence-corrected chi connectivity index (χ2v) is 8.35. The number of carbonyl (C=O) groups excluding carboxylic acids is 3. The molecule has 184 valence electrons. The van der Waals surface area contributed by atoms with Gasteiger partial charge in [-0.1, -0.05) is 20.3 Å². The summed E-state index contributed by atoms with van der Waals surface area (Å²) in [6.07, 6.45) is 3.81. The number of amides is 1. The first kappa shape index (κ1) is 26.4. The van der Waals surface area contributed by atoms with Crippen LogP contribution in [-0.2, 0) is 23.8 Å². The summed E-state index contributed by atoms with van der Waals surface area (Å²) in [4.78, 5) is 40.8. The van der Waals surface area contributed by atoms with Crippen LogP contribution < -0.4 is 14.8 Å². The van der Waals surface area contributed by atoms with Gasteiger partial charge in [0.15, 0.2) is 23.2 Å². The minimum atomic E-state index is -1.02. The highest BCUT2D eigenvalue weighted by atomic mass is 16.7. The first-order chi connectivity index (χ1) is 15.7. The molecule has 1 aliphatic heterocycles. The topological polar surface area (TPSA) is 122 Å². The third-order valence-corrected chi connectivity index (χ3v) is 5.36. The van der Waals surface area contributed by atoms with E-state index in [1.54, 1.807) is 0 Å². The zero-order valence-electron chi connectivity index (χ0n) is 19.9. The van der Waals surface area contributed by atoms with Crippen molar-refractivity contribution in [1.82, 2.24) is 10.3 Å². The molecule has 1 aliphatic rings. The van der Waals surface area contributed by atoms with Crippen LogP contribution in [0.2, 0.25) is 0 Å². The van der Waals surface area contributed by atoms with E-state index >= 15 is 0 Å². The third kappa shape index (κ3) is 8.20. The normalized spacial score (nSPS) is 21.3. The molecule has 1 fully saturated rings. The molecule has 1 N–H and O–H groups in total. The Morgan fingerprint density at radius 2 is 2.09 bits per heavy atom. The fourth-order valence-electron chi connectivity index (χ4n) is 3.42. The summed E-state index contributed by atoms with van der Waals surface area (Å²) in [6, 6.07) is 0.481. The van der Waals surface area contributed by atoms with Crippen LogP contribution in [0.15, 0.2) is 12.3 Å². The minimum absolute atomic E-state index is 0.0155. The zero-order chi connectivity index (χ0) is 24.4. The number of pyridine rings is 1. The number of ether oxygens (including phenoxy) is 5. The van der Waals surface area contributed by atoms with E-state index in [0.717, 1.165) is 19.3 Å². The van der Waals surface area contributed by atoms with E-state index in [-0.39, 0.29) is 35.8 Å². The molecule has 0 bridgehead atoms. The van der Waals surface area contributed by atoms with Gasteiger partial charge < -0.3 is 29.0 Å². The Labute approximate surface area is 194 Å². The first-order valence-electron chi connectivity index (χ1n) is 11.1. The number of methoxy groups -OCH3 is 1. The predicted molar refractivity (Wildman–Crippen MR) is 118 cm³/mol. The molecule has 0 spiro atoms. The fourth-order valence-corrected chi connectivity index (χ4v) is 3.42. The van der Waals surface area contributed by atoms with E-state index in [9.17, 15) is 14.4 Å². The maximum absolute atomic E-state index is 13.0. The summed E-state index contributed by atoms with van der Waals surface area (Å²) in [5.41, 5.74) is -0.128. The van der Waals surface area contributed by atoms with Gasteiger partial charge in [-0.3, -0.25) is 9.59 Å². The minimum Gasteiger partial charge on any atom is -0.493 e. The van der Waals surface area contributed by atoms with E-state index in [1.165, 1.54) is 26.3 Å². The summed E-state index contributed by atoms with van der Waals surface area (Å²) < 4.78 is 26.8. The molecule has 1 saturated heterocycles. The van der Waals surface area contributed by atoms with Gasteiger partial charge in [0.05, 0.1) is 13.7 Å². The highest BCUT2D eigenvalue weighted by molar-refractivity contribution is 5.98. The Bertz CT molecular complexity index is 814. The van der Waals surface area contributed by atoms with Crippen LogP contribution in [0, 0.1) is 11.8 Å². The summed E-state index contributed by atoms with van der Waals surface area (Å²) in [5.74, 6) is -0.850. The van der Waals surface area contributed by atoms with Gasteiger partial charge in [-0.05, 0) is 31.6 Å². The maximum Gasteiger partial charge on any atom is 0.331 e. The second-order valence-electron chi connectivity index (χ2n) is 8.35. The van der Waals surface area contributed by atoms with Crippen molar-refractivity contribution in [2.45, 2.75) is 59.1 Å². The quantitative estimate of drug-likeness (QED) is 0.432. The average molecular weight is 467 g/mol. The number of nitrogens with one attached hydrogen (secondary N) is 1. The molecule has 1 amide bonds. The van der Waals surface area contributed by atoms with Gasteiger partial charge in [0.2, 0.25) is 6.79 Å². The highest BCUT2D eigenvalue weighted by Crippen LogP contribution is 2.30. The van der Waals surface area contributed by atoms with Crippen LogP contribution in [0.1, 0.15) is 57.4 Å². The summed E-state index contributed by atoms with van der Waals surface area (Å²) in [7, 11) is 1.40. The molecular formula is C23H34N2O8. The number of esters is 2. The molecule has 0 unspecified atom stereocenters. The predicted octanol–water partition coefficient (Wildman–Crippen LogP) is 2.49. The third-order valence-electron chi connectivity index (χ3n) is 5.36. The highest BCUT2D eigenvalue weighted by Gasteiger charge is 2.31. The molecule has 0 saturated carbocycles. The lowest BCUT2D eigenvalue weighted by Crippen LogP contribution is -2.46. The molecular weight excluding hydrogens is 432 g/mol. The summed E-state index contributed by atoms with van der Waals surface area (Å²) in [6.45, 7) is 7.43. The standard InChI is InChI=1S/C23H34N2O8/c1-14(2)6-7-17-9-11-30-12-18(23(28)33-15(17)3)25-22(27)20-21(32-13-31-16(4)26)19(29-5)8-10-24-20/h8,10,14-15,17-18H,6-7,9,11-13H2,1-5H3,(H,25,27)/t15-,17+,18-/m0/s1. The number of hydrogen-bond acceptors (Lipinski definition) is 9. The van der Waals surface area contributed by atoms with Crippen LogP contribution >= 0.6 is 0 Å². The van der Waals surface area contributed by atoms with Gasteiger partial charge in [0, 0.05) is 25.8 Å². The number of aromatic nitrogens is 1. The Morgan fingerprint density at radius 1 is 1.33 bits per heavy atom. The van der Waals surface area contributed by atoms with Crippen LogP contribution in [-0.4, -0.2) is 62.1 Å². The molecule has 3 atom stereocenters. The SMILES string of the molecule is COc1ccnc(C(=O)N[C@H]2COCC[C@@H](CCC(C)C)[C@H](C)OC2=O)c1OCOC(C)=O. The molecule has 10 heteroatoms.